The van der Waals surface area contributed by atoms with Crippen LogP contribution in [0.1, 0.15) is 39.1 Å². The highest BCUT2D eigenvalue weighted by Crippen LogP contribution is 2.24. The molecule has 18 heavy (non-hydrogen) atoms. The molecule has 0 spiro atoms. The average molecular weight is 270 g/mol. The van der Waals surface area contributed by atoms with Crippen LogP contribution in [0.4, 0.5) is 5.13 Å². The van der Waals surface area contributed by atoms with Crippen LogP contribution in [0.15, 0.2) is 0 Å². The third-order valence-electron chi connectivity index (χ3n) is 2.65. The summed E-state index contributed by atoms with van der Waals surface area (Å²) in [4.78, 5) is 12.0. The van der Waals surface area contributed by atoms with Gasteiger partial charge in [0.1, 0.15) is 5.01 Å². The van der Waals surface area contributed by atoms with E-state index in [1.54, 1.807) is 0 Å². The topological polar surface area (TPSA) is 80.9 Å². The van der Waals surface area contributed by atoms with E-state index < -0.39 is 5.41 Å². The molecular formula is C12H22N4OS. The molecule has 1 rings (SSSR count). The number of hydrogen-bond acceptors (Lipinski definition) is 5. The van der Waals surface area contributed by atoms with Crippen molar-refractivity contribution in [3.8, 4) is 0 Å². The zero-order valence-corrected chi connectivity index (χ0v) is 12.3. The molecule has 0 saturated heterocycles. The number of anilines is 1. The number of nitrogens with zero attached hydrogens (tertiary/aromatic N) is 2. The van der Waals surface area contributed by atoms with Gasteiger partial charge in [-0.1, -0.05) is 39.0 Å². The predicted molar refractivity (Wildman–Crippen MR) is 74.5 cm³/mol. The van der Waals surface area contributed by atoms with E-state index in [0.717, 1.165) is 11.4 Å². The van der Waals surface area contributed by atoms with Crippen molar-refractivity contribution in [3.05, 3.63) is 5.01 Å². The highest BCUT2D eigenvalue weighted by molar-refractivity contribution is 7.15. The second-order valence-corrected chi connectivity index (χ2v) is 6.54. The lowest BCUT2D eigenvalue weighted by atomic mass is 9.88. The molecule has 0 aliphatic rings. The van der Waals surface area contributed by atoms with Crippen LogP contribution in [0.3, 0.4) is 0 Å². The van der Waals surface area contributed by atoms with Gasteiger partial charge in [0.2, 0.25) is 11.0 Å². The third-order valence-corrected chi connectivity index (χ3v) is 3.52. The summed E-state index contributed by atoms with van der Waals surface area (Å²) in [6, 6.07) is 0. The van der Waals surface area contributed by atoms with Crippen molar-refractivity contribution in [3.63, 3.8) is 0 Å². The van der Waals surface area contributed by atoms with Crippen molar-refractivity contribution in [2.75, 3.05) is 11.9 Å². The van der Waals surface area contributed by atoms with E-state index in [9.17, 15) is 4.79 Å². The van der Waals surface area contributed by atoms with E-state index >= 15 is 0 Å². The van der Waals surface area contributed by atoms with E-state index in [1.165, 1.54) is 11.3 Å². The number of hydrogen-bond donors (Lipinski definition) is 2. The van der Waals surface area contributed by atoms with Gasteiger partial charge in [0.15, 0.2) is 0 Å². The quantitative estimate of drug-likeness (QED) is 0.829. The molecule has 1 aromatic heterocycles. The molecule has 0 bridgehead atoms. The lowest BCUT2D eigenvalue weighted by molar-refractivity contribution is -0.124. The summed E-state index contributed by atoms with van der Waals surface area (Å²) in [6.07, 6.45) is 1.54. The maximum atomic E-state index is 12.0. The highest BCUT2D eigenvalue weighted by Gasteiger charge is 2.27. The molecule has 1 heterocycles. The fourth-order valence-electron chi connectivity index (χ4n) is 1.48. The summed E-state index contributed by atoms with van der Waals surface area (Å²) in [7, 11) is 0. The van der Waals surface area contributed by atoms with Crippen molar-refractivity contribution in [2.24, 2.45) is 17.1 Å². The molecule has 5 nitrogen and oxygen atoms in total. The molecular weight excluding hydrogens is 248 g/mol. The van der Waals surface area contributed by atoms with Crippen molar-refractivity contribution >= 4 is 22.4 Å². The minimum absolute atomic E-state index is 0.0554. The summed E-state index contributed by atoms with van der Waals surface area (Å²) in [6.45, 7) is 8.51. The molecule has 0 aliphatic carbocycles. The van der Waals surface area contributed by atoms with Crippen LogP contribution in [0.25, 0.3) is 0 Å². The number of rotatable bonds is 6. The molecule has 0 aromatic carbocycles. The maximum absolute atomic E-state index is 12.0. The van der Waals surface area contributed by atoms with Crippen molar-refractivity contribution in [1.82, 2.24) is 10.2 Å². The zero-order chi connectivity index (χ0) is 13.8. The van der Waals surface area contributed by atoms with Crippen molar-refractivity contribution < 1.29 is 4.79 Å². The van der Waals surface area contributed by atoms with Gasteiger partial charge >= 0.3 is 0 Å². The second kappa shape index (κ2) is 6.24. The lowest BCUT2D eigenvalue weighted by Gasteiger charge is -2.21. The molecule has 0 saturated carbocycles. The van der Waals surface area contributed by atoms with Gasteiger partial charge in [0, 0.05) is 11.8 Å². The number of aromatic nitrogens is 2. The Balaban J connectivity index is 2.62. The molecule has 6 heteroatoms. The zero-order valence-electron chi connectivity index (χ0n) is 11.5. The fraction of sp³-hybridized carbons (Fsp3) is 0.750. The molecule has 3 N–H and O–H groups in total. The monoisotopic (exact) mass is 270 g/mol. The number of carbonyl (C=O) groups excluding carboxylic acids is 1. The van der Waals surface area contributed by atoms with Crippen molar-refractivity contribution in [1.29, 1.82) is 0 Å². The van der Waals surface area contributed by atoms with Crippen LogP contribution in [0.2, 0.25) is 0 Å². The summed E-state index contributed by atoms with van der Waals surface area (Å²) >= 11 is 1.44. The van der Waals surface area contributed by atoms with Gasteiger partial charge in [0.05, 0.1) is 0 Å². The van der Waals surface area contributed by atoms with Gasteiger partial charge in [0.25, 0.3) is 0 Å². The standard InChI is InChI=1S/C12H22N4OS/c1-8(2)7-9-15-16-11(18-9)14-10(17)12(3,4)5-6-13/h8H,5-7,13H2,1-4H3,(H,14,16,17). The molecule has 0 fully saturated rings. The van der Waals surface area contributed by atoms with Crippen LogP contribution in [0, 0.1) is 11.3 Å². The Bertz CT molecular complexity index is 401. The van der Waals surface area contributed by atoms with Crippen LogP contribution in [0.5, 0.6) is 0 Å². The summed E-state index contributed by atoms with van der Waals surface area (Å²) < 4.78 is 0. The summed E-state index contributed by atoms with van der Waals surface area (Å²) in [5.74, 6) is 0.482. The lowest BCUT2D eigenvalue weighted by Crippen LogP contribution is -2.32. The van der Waals surface area contributed by atoms with Gasteiger partial charge in [-0.05, 0) is 18.9 Å². The molecule has 0 aliphatic heterocycles. The van der Waals surface area contributed by atoms with Crippen LogP contribution in [-0.4, -0.2) is 22.6 Å². The smallest absolute Gasteiger partial charge is 0.231 e. The molecule has 1 amide bonds. The highest BCUT2D eigenvalue weighted by atomic mass is 32.1. The Labute approximate surface area is 112 Å². The fourth-order valence-corrected chi connectivity index (χ4v) is 2.42. The molecule has 0 radical (unpaired) electrons. The van der Waals surface area contributed by atoms with Gasteiger partial charge in [-0.25, -0.2) is 0 Å². The van der Waals surface area contributed by atoms with Crippen LogP contribution >= 0.6 is 11.3 Å². The van der Waals surface area contributed by atoms with E-state index in [4.69, 9.17) is 5.73 Å². The maximum Gasteiger partial charge on any atom is 0.231 e. The first-order chi connectivity index (χ1) is 8.35. The van der Waals surface area contributed by atoms with E-state index in [0.29, 0.717) is 24.0 Å². The second-order valence-electron chi connectivity index (χ2n) is 5.48. The Kier molecular flexibility index (Phi) is 5.22. The van der Waals surface area contributed by atoms with Gasteiger partial charge in [-0.15, -0.1) is 10.2 Å². The molecule has 0 unspecified atom stereocenters. The average Bonchev–Trinajstić information content (AvgIpc) is 2.64. The number of amides is 1. The number of nitrogens with one attached hydrogen (secondary N) is 1. The Morgan fingerprint density at radius 2 is 2.11 bits per heavy atom. The van der Waals surface area contributed by atoms with Gasteiger partial charge < -0.3 is 11.1 Å². The Hall–Kier alpha value is -1.01. The molecule has 102 valence electrons. The Morgan fingerprint density at radius 3 is 2.67 bits per heavy atom. The van der Waals surface area contributed by atoms with Crippen molar-refractivity contribution in [2.45, 2.75) is 40.5 Å². The largest absolute Gasteiger partial charge is 0.330 e. The first-order valence-electron chi connectivity index (χ1n) is 6.19. The van der Waals surface area contributed by atoms with E-state index in [2.05, 4.69) is 29.4 Å². The minimum Gasteiger partial charge on any atom is -0.330 e. The predicted octanol–water partition coefficient (Wildman–Crippen LogP) is 2.05. The number of carbonyl (C=O) groups is 1. The van der Waals surface area contributed by atoms with Crippen LogP contribution < -0.4 is 11.1 Å². The molecule has 1 aromatic rings. The van der Waals surface area contributed by atoms with E-state index in [-0.39, 0.29) is 5.91 Å². The summed E-state index contributed by atoms with van der Waals surface area (Å²) in [5, 5.41) is 12.4. The van der Waals surface area contributed by atoms with Gasteiger partial charge in [-0.2, -0.15) is 0 Å². The third kappa shape index (κ3) is 4.34. The normalized spacial score (nSPS) is 11.9. The number of nitrogens with two attached hydrogens (primary N) is 1. The first-order valence-corrected chi connectivity index (χ1v) is 7.00. The first kappa shape index (κ1) is 15.0. The SMILES string of the molecule is CC(C)Cc1nnc(NC(=O)C(C)(C)CCN)s1. The minimum atomic E-state index is -0.474. The van der Waals surface area contributed by atoms with E-state index in [1.807, 2.05) is 13.8 Å². The van der Waals surface area contributed by atoms with Gasteiger partial charge in [-0.3, -0.25) is 4.79 Å². The molecule has 0 atom stereocenters. The Morgan fingerprint density at radius 1 is 1.44 bits per heavy atom. The van der Waals surface area contributed by atoms with Crippen LogP contribution in [-0.2, 0) is 11.2 Å². The summed E-state index contributed by atoms with van der Waals surface area (Å²) in [5.41, 5.74) is 5.03.